The molecule has 74 valence electrons. The summed E-state index contributed by atoms with van der Waals surface area (Å²) in [6.07, 6.45) is 0.962. The first-order valence-electron chi connectivity index (χ1n) is 4.48. The monoisotopic (exact) mass is 191 g/mol. The van der Waals surface area contributed by atoms with E-state index < -0.39 is 0 Å². The molecule has 3 heteroatoms. The quantitative estimate of drug-likeness (QED) is 0.716. The molecular formula is C11H13NO2. The van der Waals surface area contributed by atoms with Crippen LogP contribution >= 0.6 is 0 Å². The van der Waals surface area contributed by atoms with Crippen molar-refractivity contribution >= 4 is 12.2 Å². The fraction of sp³-hybridized carbons (Fsp3) is 0.273. The smallest absolute Gasteiger partial charge is 0.207 e. The van der Waals surface area contributed by atoms with E-state index in [0.29, 0.717) is 12.8 Å². The summed E-state index contributed by atoms with van der Waals surface area (Å²) in [5, 5.41) is 2.63. The molecule has 1 N–H and O–H groups in total. The Morgan fingerprint density at radius 3 is 2.57 bits per heavy atom. The average Bonchev–Trinajstić information content (AvgIpc) is 2.18. The van der Waals surface area contributed by atoms with Crippen molar-refractivity contribution in [2.45, 2.75) is 19.4 Å². The van der Waals surface area contributed by atoms with Crippen molar-refractivity contribution in [3.8, 4) is 0 Å². The lowest BCUT2D eigenvalue weighted by atomic mass is 10.0. The summed E-state index contributed by atoms with van der Waals surface area (Å²) in [5.41, 5.74) is 0.954. The van der Waals surface area contributed by atoms with Crippen LogP contribution < -0.4 is 5.32 Å². The minimum atomic E-state index is -0.203. The fourth-order valence-corrected chi connectivity index (χ4v) is 1.33. The van der Waals surface area contributed by atoms with Gasteiger partial charge in [0.05, 0.1) is 6.04 Å². The van der Waals surface area contributed by atoms with Gasteiger partial charge in [-0.3, -0.25) is 9.59 Å². The van der Waals surface area contributed by atoms with Crippen LogP contribution in [0.4, 0.5) is 0 Å². The van der Waals surface area contributed by atoms with Gasteiger partial charge in [-0.2, -0.15) is 0 Å². The summed E-state index contributed by atoms with van der Waals surface area (Å²) in [7, 11) is 0. The Kier molecular flexibility index (Phi) is 3.85. The van der Waals surface area contributed by atoms with Crippen molar-refractivity contribution in [2.24, 2.45) is 0 Å². The lowest BCUT2D eigenvalue weighted by molar-refractivity contribution is -0.117. The molecule has 0 spiro atoms. The standard InChI is InChI=1S/C11H13NO2/c1-9(14)7-11(12-8-13)10-5-3-2-4-6-10/h2-6,8,11H,7H2,1H3,(H,12,13). The first-order valence-corrected chi connectivity index (χ1v) is 4.48. The number of ketones is 1. The Morgan fingerprint density at radius 2 is 2.07 bits per heavy atom. The normalized spacial score (nSPS) is 11.8. The molecule has 0 saturated carbocycles. The molecule has 0 bridgehead atoms. The van der Waals surface area contributed by atoms with Gasteiger partial charge < -0.3 is 5.32 Å². The molecular weight excluding hydrogens is 178 g/mol. The molecule has 1 amide bonds. The van der Waals surface area contributed by atoms with Crippen LogP contribution in [0.15, 0.2) is 30.3 Å². The van der Waals surface area contributed by atoms with Crippen LogP contribution in [0.25, 0.3) is 0 Å². The molecule has 1 unspecified atom stereocenters. The third-order valence-electron chi connectivity index (χ3n) is 1.96. The van der Waals surface area contributed by atoms with E-state index in [1.165, 1.54) is 6.92 Å². The van der Waals surface area contributed by atoms with E-state index in [1.807, 2.05) is 30.3 Å². The molecule has 0 heterocycles. The van der Waals surface area contributed by atoms with Gasteiger partial charge in [0.2, 0.25) is 6.41 Å². The van der Waals surface area contributed by atoms with E-state index in [2.05, 4.69) is 5.32 Å². The molecule has 3 nitrogen and oxygen atoms in total. The lowest BCUT2D eigenvalue weighted by Crippen LogP contribution is -2.21. The number of hydrogen-bond acceptors (Lipinski definition) is 2. The second-order valence-corrected chi connectivity index (χ2v) is 3.15. The summed E-state index contributed by atoms with van der Waals surface area (Å²) in [4.78, 5) is 21.3. The van der Waals surface area contributed by atoms with Gasteiger partial charge in [0, 0.05) is 6.42 Å². The average molecular weight is 191 g/mol. The van der Waals surface area contributed by atoms with Crippen LogP contribution in [0.3, 0.4) is 0 Å². The highest BCUT2D eigenvalue weighted by molar-refractivity contribution is 5.76. The van der Waals surface area contributed by atoms with Gasteiger partial charge in [-0.05, 0) is 12.5 Å². The third-order valence-corrected chi connectivity index (χ3v) is 1.96. The third kappa shape index (κ3) is 3.01. The summed E-state index contributed by atoms with van der Waals surface area (Å²) < 4.78 is 0. The van der Waals surface area contributed by atoms with Crippen molar-refractivity contribution in [3.05, 3.63) is 35.9 Å². The molecule has 1 rings (SSSR count). The number of amides is 1. The molecule has 0 radical (unpaired) electrons. The highest BCUT2D eigenvalue weighted by Gasteiger charge is 2.11. The van der Waals surface area contributed by atoms with Crippen LogP contribution in [-0.4, -0.2) is 12.2 Å². The molecule has 1 aromatic carbocycles. The second-order valence-electron chi connectivity index (χ2n) is 3.15. The number of rotatable bonds is 5. The zero-order valence-corrected chi connectivity index (χ0v) is 8.07. The van der Waals surface area contributed by atoms with Crippen molar-refractivity contribution in [2.75, 3.05) is 0 Å². The largest absolute Gasteiger partial charge is 0.351 e. The fourth-order valence-electron chi connectivity index (χ4n) is 1.33. The SMILES string of the molecule is CC(=O)CC(NC=O)c1ccccc1. The Labute approximate surface area is 83.1 Å². The van der Waals surface area contributed by atoms with Crippen LogP contribution in [0.2, 0.25) is 0 Å². The highest BCUT2D eigenvalue weighted by atomic mass is 16.1. The molecule has 0 fully saturated rings. The maximum Gasteiger partial charge on any atom is 0.207 e. The van der Waals surface area contributed by atoms with Crippen LogP contribution in [0.5, 0.6) is 0 Å². The predicted octanol–water partition coefficient (Wildman–Crippen LogP) is 1.45. The second kappa shape index (κ2) is 5.17. The van der Waals surface area contributed by atoms with E-state index in [9.17, 15) is 9.59 Å². The van der Waals surface area contributed by atoms with Gasteiger partial charge in [-0.25, -0.2) is 0 Å². The van der Waals surface area contributed by atoms with E-state index in [0.717, 1.165) is 5.56 Å². The first-order chi connectivity index (χ1) is 6.74. The van der Waals surface area contributed by atoms with Gasteiger partial charge in [0.25, 0.3) is 0 Å². The maximum atomic E-state index is 10.9. The molecule has 0 aliphatic heterocycles. The maximum absolute atomic E-state index is 10.9. The molecule has 0 aliphatic carbocycles. The Hall–Kier alpha value is -1.64. The van der Waals surface area contributed by atoms with E-state index in [-0.39, 0.29) is 11.8 Å². The van der Waals surface area contributed by atoms with E-state index in [1.54, 1.807) is 0 Å². The molecule has 1 atom stereocenters. The van der Waals surface area contributed by atoms with E-state index in [4.69, 9.17) is 0 Å². The molecule has 1 aromatic rings. The number of hydrogen-bond donors (Lipinski definition) is 1. The summed E-state index contributed by atoms with van der Waals surface area (Å²) in [6, 6.07) is 9.25. The lowest BCUT2D eigenvalue weighted by Gasteiger charge is -2.14. The van der Waals surface area contributed by atoms with Gasteiger partial charge in [-0.1, -0.05) is 30.3 Å². The van der Waals surface area contributed by atoms with Gasteiger partial charge in [-0.15, -0.1) is 0 Å². The van der Waals surface area contributed by atoms with Crippen LogP contribution in [0.1, 0.15) is 24.9 Å². The molecule has 0 saturated heterocycles. The minimum absolute atomic E-state index is 0.0632. The molecule has 14 heavy (non-hydrogen) atoms. The predicted molar refractivity (Wildman–Crippen MR) is 53.7 cm³/mol. The van der Waals surface area contributed by atoms with Crippen molar-refractivity contribution in [3.63, 3.8) is 0 Å². The Bertz CT molecular complexity index is 308. The number of Topliss-reactive ketones (excluding diaryl/α,β-unsaturated/α-hetero) is 1. The zero-order chi connectivity index (χ0) is 10.4. The summed E-state index contributed by atoms with van der Waals surface area (Å²) >= 11 is 0. The number of carbonyl (C=O) groups is 2. The zero-order valence-electron chi connectivity index (χ0n) is 8.07. The molecule has 0 aliphatic rings. The van der Waals surface area contributed by atoms with Gasteiger partial charge >= 0.3 is 0 Å². The van der Waals surface area contributed by atoms with Crippen molar-refractivity contribution < 1.29 is 9.59 Å². The van der Waals surface area contributed by atoms with Crippen LogP contribution in [0, 0.1) is 0 Å². The van der Waals surface area contributed by atoms with Crippen LogP contribution in [-0.2, 0) is 9.59 Å². The summed E-state index contributed by atoms with van der Waals surface area (Å²) in [5.74, 6) is 0.0632. The Morgan fingerprint density at radius 1 is 1.43 bits per heavy atom. The van der Waals surface area contributed by atoms with Gasteiger partial charge in [0.15, 0.2) is 0 Å². The van der Waals surface area contributed by atoms with E-state index >= 15 is 0 Å². The van der Waals surface area contributed by atoms with Crippen molar-refractivity contribution in [1.82, 2.24) is 5.32 Å². The van der Waals surface area contributed by atoms with Crippen molar-refractivity contribution in [1.29, 1.82) is 0 Å². The topological polar surface area (TPSA) is 46.2 Å². The first kappa shape index (κ1) is 10.4. The number of nitrogens with one attached hydrogen (secondary N) is 1. The minimum Gasteiger partial charge on any atom is -0.351 e. The Balaban J connectivity index is 2.77. The summed E-state index contributed by atoms with van der Waals surface area (Å²) in [6.45, 7) is 1.52. The van der Waals surface area contributed by atoms with Gasteiger partial charge in [0.1, 0.15) is 5.78 Å². The number of benzene rings is 1. The highest BCUT2D eigenvalue weighted by Crippen LogP contribution is 2.15. The molecule has 0 aromatic heterocycles. The number of carbonyl (C=O) groups excluding carboxylic acids is 2.